The molecule has 3 aromatic carbocycles. The number of benzene rings is 3. The zero-order chi connectivity index (χ0) is 46.6. The van der Waals surface area contributed by atoms with E-state index in [4.69, 9.17) is 29.4 Å². The van der Waals surface area contributed by atoms with Gasteiger partial charge in [0.2, 0.25) is 0 Å². The zero-order valence-electron chi connectivity index (χ0n) is 35.0. The van der Waals surface area contributed by atoms with Crippen molar-refractivity contribution in [3.63, 3.8) is 0 Å². The first-order chi connectivity index (χ1) is 30.4. The number of nitrogens with two attached hydrogens (primary N) is 1. The number of ether oxygens (including phenoxy) is 5. The van der Waals surface area contributed by atoms with E-state index in [1.165, 1.54) is 33.2 Å². The number of aliphatic carboxylic acids is 1. The maximum atomic E-state index is 14.2. The number of unbranched alkanes of at least 4 members (excludes halogenated alkanes) is 1. The third-order valence-corrected chi connectivity index (χ3v) is 12.3. The number of likely N-dealkylation sites (N-methyl/N-ethyl adjacent to an activating group) is 1. The van der Waals surface area contributed by atoms with E-state index in [9.17, 15) is 65.1 Å². The summed E-state index contributed by atoms with van der Waals surface area (Å²) in [6.07, 6.45) is -14.8. The fourth-order valence-electron chi connectivity index (χ4n) is 8.95. The van der Waals surface area contributed by atoms with Crippen molar-refractivity contribution >= 4 is 23.4 Å². The number of carboxylic acid groups (broad SMARTS) is 1. The van der Waals surface area contributed by atoms with Crippen molar-refractivity contribution in [1.29, 1.82) is 0 Å². The molecule has 2 heterocycles. The van der Waals surface area contributed by atoms with Gasteiger partial charge in [0.05, 0.1) is 42.6 Å². The molecule has 1 amide bonds. The van der Waals surface area contributed by atoms with Crippen LogP contribution < -0.4 is 21.1 Å². The standard InChI is InChI=1S/C43H51N3O18/c1-14-9-20-27(34(53)24(14)40(57)46-21(41(58)59)7-5-6-8-44)26-18(12-19-28(35(26)54)31(50)17-10-16(60-4)11-22(47)25(17)30(19)49)32(51)38(20)63-43-37(56)39(29(45-3)15(2)62-43)64-42-36(55)33(52)23(48)13-61-42/h9-12,15,21,23,29,32-33,36-39,42-43,45,47-48,51-56H,5-8,13,44H2,1-4H3,(H,46,57)(H,58,59)/t15-,21-,23-,29+,32?,33+,36-,37-,38?,39+,42+,43+/m1/s1. The van der Waals surface area contributed by atoms with Gasteiger partial charge < -0.3 is 86.0 Å². The summed E-state index contributed by atoms with van der Waals surface area (Å²) >= 11 is 0. The topological polar surface area (TPSA) is 347 Å². The number of carbonyl (C=O) groups excluding carboxylic acids is 3. The zero-order valence-corrected chi connectivity index (χ0v) is 35.0. The summed E-state index contributed by atoms with van der Waals surface area (Å²) in [5.41, 5.74) is 2.19. The lowest BCUT2D eigenvalue weighted by atomic mass is 9.74. The molecule has 2 fully saturated rings. The van der Waals surface area contributed by atoms with Crippen LogP contribution >= 0.6 is 0 Å². The highest BCUT2D eigenvalue weighted by Crippen LogP contribution is 2.57. The number of aliphatic hydroxyl groups is 5. The molecule has 2 aliphatic carbocycles. The Hall–Kier alpha value is -5.30. The summed E-state index contributed by atoms with van der Waals surface area (Å²) in [6, 6.07) is 2.47. The van der Waals surface area contributed by atoms with E-state index in [2.05, 4.69) is 10.6 Å². The number of hydrogen-bond donors (Lipinski definition) is 12. The van der Waals surface area contributed by atoms with Gasteiger partial charge in [0.15, 0.2) is 24.1 Å². The quantitative estimate of drug-likeness (QED) is 0.0752. The molecule has 2 saturated heterocycles. The lowest BCUT2D eigenvalue weighted by Gasteiger charge is -2.47. The number of carbonyl (C=O) groups is 4. The maximum Gasteiger partial charge on any atom is 0.326 e. The minimum Gasteiger partial charge on any atom is -0.507 e. The van der Waals surface area contributed by atoms with Gasteiger partial charge in [-0.25, -0.2) is 4.79 Å². The Kier molecular flexibility index (Phi) is 13.3. The number of aryl methyl sites for hydroxylation is 1. The summed E-state index contributed by atoms with van der Waals surface area (Å²) in [4.78, 5) is 54.5. The van der Waals surface area contributed by atoms with E-state index < -0.39 is 149 Å². The average Bonchev–Trinajstić information content (AvgIpc) is 3.25. The number of methoxy groups -OCH3 is 1. The van der Waals surface area contributed by atoms with E-state index in [0.717, 1.165) is 12.1 Å². The molecule has 13 N–H and O–H groups in total. The van der Waals surface area contributed by atoms with Gasteiger partial charge in [-0.2, -0.15) is 0 Å². The highest BCUT2D eigenvalue weighted by atomic mass is 16.7. The summed E-state index contributed by atoms with van der Waals surface area (Å²) in [6.45, 7) is 2.86. The van der Waals surface area contributed by atoms with Crippen LogP contribution in [0.2, 0.25) is 0 Å². The van der Waals surface area contributed by atoms with Gasteiger partial charge in [-0.15, -0.1) is 0 Å². The number of ketones is 2. The van der Waals surface area contributed by atoms with Crippen molar-refractivity contribution < 1.29 is 88.8 Å². The summed E-state index contributed by atoms with van der Waals surface area (Å²) in [5.74, 6) is -6.61. The van der Waals surface area contributed by atoms with Crippen LogP contribution in [0.5, 0.6) is 23.0 Å². The lowest BCUT2D eigenvalue weighted by Crippen LogP contribution is -2.65. The van der Waals surface area contributed by atoms with Crippen LogP contribution in [0.15, 0.2) is 24.3 Å². The molecule has 346 valence electrons. The number of amides is 1. The molecule has 4 aliphatic rings. The van der Waals surface area contributed by atoms with Crippen molar-refractivity contribution in [2.24, 2.45) is 5.73 Å². The number of hydrogen-bond acceptors (Lipinski definition) is 19. The number of aliphatic hydroxyl groups excluding tert-OH is 5. The summed E-state index contributed by atoms with van der Waals surface area (Å²) < 4.78 is 29.1. The van der Waals surface area contributed by atoms with Gasteiger partial charge in [-0.3, -0.25) is 14.4 Å². The lowest BCUT2D eigenvalue weighted by molar-refractivity contribution is -0.339. The second-order valence-corrected chi connectivity index (χ2v) is 16.2. The molecule has 21 heteroatoms. The minimum absolute atomic E-state index is 0.00549. The molecule has 7 rings (SSSR count). The van der Waals surface area contributed by atoms with Crippen LogP contribution in [0.3, 0.4) is 0 Å². The number of nitrogens with one attached hydrogen (secondary N) is 2. The molecule has 64 heavy (non-hydrogen) atoms. The molecule has 0 bridgehead atoms. The number of rotatable bonds is 13. The van der Waals surface area contributed by atoms with Crippen molar-refractivity contribution in [2.75, 3.05) is 27.3 Å². The molecular weight excluding hydrogens is 846 g/mol. The van der Waals surface area contributed by atoms with E-state index >= 15 is 0 Å². The summed E-state index contributed by atoms with van der Waals surface area (Å²) in [7, 11) is 2.80. The van der Waals surface area contributed by atoms with Gasteiger partial charge >= 0.3 is 5.97 Å². The monoisotopic (exact) mass is 897 g/mol. The summed E-state index contributed by atoms with van der Waals surface area (Å²) in [5, 5.41) is 106. The average molecular weight is 898 g/mol. The predicted molar refractivity (Wildman–Crippen MR) is 218 cm³/mol. The number of aromatic hydroxyl groups is 3. The number of fused-ring (bicyclic) bond motifs is 5. The second kappa shape index (κ2) is 18.3. The molecule has 12 atom stereocenters. The van der Waals surface area contributed by atoms with E-state index in [1.54, 1.807) is 6.92 Å². The predicted octanol–water partition coefficient (Wildman–Crippen LogP) is -0.503. The fraction of sp³-hybridized carbons (Fsp3) is 0.488. The maximum absolute atomic E-state index is 14.2. The molecule has 0 saturated carbocycles. The largest absolute Gasteiger partial charge is 0.507 e. The van der Waals surface area contributed by atoms with Crippen molar-refractivity contribution in [1.82, 2.24) is 10.6 Å². The van der Waals surface area contributed by atoms with Gasteiger partial charge in [-0.05, 0) is 75.5 Å². The van der Waals surface area contributed by atoms with Gasteiger partial charge in [-0.1, -0.05) is 6.07 Å². The van der Waals surface area contributed by atoms with E-state index in [-0.39, 0.29) is 46.5 Å². The molecule has 0 aromatic heterocycles. The molecular formula is C43H51N3O18. The van der Waals surface area contributed by atoms with Crippen LogP contribution in [-0.2, 0) is 23.7 Å². The molecule has 21 nitrogen and oxygen atoms in total. The number of phenols is 3. The first-order valence-corrected chi connectivity index (χ1v) is 20.5. The number of carboxylic acids is 1. The first kappa shape index (κ1) is 46.7. The van der Waals surface area contributed by atoms with Gasteiger partial charge in [0.25, 0.3) is 5.91 Å². The van der Waals surface area contributed by atoms with E-state index in [1.807, 2.05) is 0 Å². The Bertz CT molecular complexity index is 2360. The van der Waals surface area contributed by atoms with Crippen LogP contribution in [0.1, 0.15) is 97.3 Å². The van der Waals surface area contributed by atoms with Crippen LogP contribution in [0.25, 0.3) is 11.1 Å². The smallest absolute Gasteiger partial charge is 0.326 e. The highest BCUT2D eigenvalue weighted by molar-refractivity contribution is 6.31. The Morgan fingerprint density at radius 2 is 1.53 bits per heavy atom. The van der Waals surface area contributed by atoms with Gasteiger partial charge in [0, 0.05) is 28.3 Å². The van der Waals surface area contributed by atoms with Crippen molar-refractivity contribution in [2.45, 2.75) is 107 Å². The first-order valence-electron chi connectivity index (χ1n) is 20.5. The second-order valence-electron chi connectivity index (χ2n) is 16.2. The fourth-order valence-corrected chi connectivity index (χ4v) is 8.95. The highest BCUT2D eigenvalue weighted by Gasteiger charge is 2.51. The minimum atomic E-state index is -1.91. The normalized spacial score (nSPS) is 28.9. The Balaban J connectivity index is 1.36. The molecule has 0 spiro atoms. The molecule has 2 unspecified atom stereocenters. The van der Waals surface area contributed by atoms with Crippen LogP contribution in [0, 0.1) is 6.92 Å². The van der Waals surface area contributed by atoms with Gasteiger partial charge in [0.1, 0.15) is 71.8 Å². The van der Waals surface area contributed by atoms with Crippen LogP contribution in [0.4, 0.5) is 0 Å². The number of phenolic OH excluding ortho intramolecular Hbond substituents is 3. The van der Waals surface area contributed by atoms with Crippen molar-refractivity contribution in [3.8, 4) is 34.1 Å². The molecule has 2 aliphatic heterocycles. The van der Waals surface area contributed by atoms with Crippen LogP contribution in [-0.4, -0.2) is 158 Å². The molecule has 3 aromatic rings. The van der Waals surface area contributed by atoms with E-state index in [0.29, 0.717) is 12.8 Å². The third kappa shape index (κ3) is 7.96. The van der Waals surface area contributed by atoms with Crippen molar-refractivity contribution in [3.05, 3.63) is 68.8 Å². The SMILES string of the molecule is CN[C@@H]1[C@H](O[C@@H]2OC[C@@H](O)[C@H](O)[C@H]2O)[C@@H](O)[C@H](OC2c3cc(C)c(C(=O)N[C@H](CCCCN)C(=O)O)c(O)c3-c3c(cc4c(c3O)C(=O)c3cc(OC)cc(O)c3C4=O)C2O)O[C@@H]1C. The third-order valence-electron chi connectivity index (χ3n) is 12.3. The Labute approximate surface area is 364 Å². The Morgan fingerprint density at radius 3 is 2.19 bits per heavy atom. The molecule has 0 radical (unpaired) electrons. The Morgan fingerprint density at radius 1 is 0.859 bits per heavy atom.